The molecule has 1 saturated carbocycles. The summed E-state index contributed by atoms with van der Waals surface area (Å²) >= 11 is 0. The Morgan fingerprint density at radius 2 is 2.00 bits per heavy atom. The van der Waals surface area contributed by atoms with Gasteiger partial charge in [-0.2, -0.15) is 0 Å². The molecule has 2 rings (SSSR count). The third kappa shape index (κ3) is 5.53. The molecular formula is C17H26FIN4O2. The first-order chi connectivity index (χ1) is 11.4. The van der Waals surface area contributed by atoms with Crippen LogP contribution in [0.4, 0.5) is 10.1 Å². The van der Waals surface area contributed by atoms with Gasteiger partial charge < -0.3 is 20.7 Å². The number of nitrogens with one attached hydrogen (secondary N) is 3. The first-order valence-corrected chi connectivity index (χ1v) is 7.92. The summed E-state index contributed by atoms with van der Waals surface area (Å²) in [4.78, 5) is 16.1. The average Bonchev–Trinajstić information content (AvgIpc) is 2.55. The Bertz CT molecular complexity index is 607. The second-order valence-electron chi connectivity index (χ2n) is 6.46. The number of halogens is 2. The van der Waals surface area contributed by atoms with Crippen LogP contribution in [-0.4, -0.2) is 44.7 Å². The van der Waals surface area contributed by atoms with Gasteiger partial charge in [-0.25, -0.2) is 4.39 Å². The predicted molar refractivity (Wildman–Crippen MR) is 108 cm³/mol. The van der Waals surface area contributed by atoms with Crippen LogP contribution >= 0.6 is 24.0 Å². The van der Waals surface area contributed by atoms with Crippen LogP contribution in [-0.2, 0) is 9.53 Å². The van der Waals surface area contributed by atoms with Crippen LogP contribution in [0.1, 0.15) is 20.3 Å². The molecule has 3 N–H and O–H groups in total. The minimum atomic E-state index is -0.340. The van der Waals surface area contributed by atoms with Gasteiger partial charge in [-0.3, -0.25) is 9.79 Å². The van der Waals surface area contributed by atoms with E-state index >= 15 is 0 Å². The molecule has 0 aromatic heterocycles. The summed E-state index contributed by atoms with van der Waals surface area (Å²) in [5.74, 6) is -0.00252. The predicted octanol–water partition coefficient (Wildman–Crippen LogP) is 2.36. The van der Waals surface area contributed by atoms with E-state index < -0.39 is 0 Å². The molecule has 1 aromatic rings. The summed E-state index contributed by atoms with van der Waals surface area (Å²) in [6.45, 7) is 4.34. The van der Waals surface area contributed by atoms with E-state index in [0.717, 1.165) is 6.42 Å². The number of nitrogens with zero attached hydrogens (tertiary/aromatic N) is 1. The minimum absolute atomic E-state index is 0. The van der Waals surface area contributed by atoms with Crippen molar-refractivity contribution >= 4 is 41.5 Å². The number of ether oxygens (including phenoxy) is 1. The van der Waals surface area contributed by atoms with Crippen molar-refractivity contribution in [2.45, 2.75) is 32.4 Å². The molecule has 8 heteroatoms. The highest BCUT2D eigenvalue weighted by atomic mass is 127. The number of benzene rings is 1. The maximum atomic E-state index is 12.8. The zero-order valence-electron chi connectivity index (χ0n) is 14.9. The van der Waals surface area contributed by atoms with E-state index in [-0.39, 0.29) is 59.8 Å². The smallest absolute Gasteiger partial charge is 0.243 e. The SMILES string of the molecule is CN=C(NCC(=O)Nc1ccc(F)cc1)NC1CC(OC)C1(C)C.I. The summed E-state index contributed by atoms with van der Waals surface area (Å²) in [6.07, 6.45) is 1.11. The van der Waals surface area contributed by atoms with Crippen LogP contribution in [0.3, 0.4) is 0 Å². The zero-order chi connectivity index (χ0) is 17.7. The number of hydrogen-bond donors (Lipinski definition) is 3. The lowest BCUT2D eigenvalue weighted by Crippen LogP contribution is -2.63. The number of carbonyl (C=O) groups is 1. The minimum Gasteiger partial charge on any atom is -0.381 e. The molecule has 1 amide bonds. The van der Waals surface area contributed by atoms with E-state index in [4.69, 9.17) is 4.74 Å². The normalized spacial score (nSPS) is 21.6. The van der Waals surface area contributed by atoms with Crippen molar-refractivity contribution in [1.82, 2.24) is 10.6 Å². The van der Waals surface area contributed by atoms with Crippen molar-refractivity contribution in [2.24, 2.45) is 10.4 Å². The van der Waals surface area contributed by atoms with Crippen molar-refractivity contribution in [3.8, 4) is 0 Å². The number of hydrogen-bond acceptors (Lipinski definition) is 3. The maximum absolute atomic E-state index is 12.8. The van der Waals surface area contributed by atoms with Gasteiger partial charge in [-0.1, -0.05) is 13.8 Å². The number of rotatable bonds is 5. The fourth-order valence-electron chi connectivity index (χ4n) is 2.79. The van der Waals surface area contributed by atoms with Crippen LogP contribution in [0, 0.1) is 11.2 Å². The molecule has 0 radical (unpaired) electrons. The second kappa shape index (κ2) is 9.33. The Kier molecular flexibility index (Phi) is 8.07. The zero-order valence-corrected chi connectivity index (χ0v) is 17.3. The van der Waals surface area contributed by atoms with Gasteiger partial charge in [0.15, 0.2) is 5.96 Å². The van der Waals surface area contributed by atoms with Crippen molar-refractivity contribution in [3.05, 3.63) is 30.1 Å². The molecule has 0 aliphatic heterocycles. The molecule has 0 spiro atoms. The second-order valence-corrected chi connectivity index (χ2v) is 6.46. The van der Waals surface area contributed by atoms with E-state index in [9.17, 15) is 9.18 Å². The average molecular weight is 464 g/mol. The Morgan fingerprint density at radius 3 is 2.52 bits per heavy atom. The molecule has 25 heavy (non-hydrogen) atoms. The van der Waals surface area contributed by atoms with Crippen molar-refractivity contribution in [3.63, 3.8) is 0 Å². The fraction of sp³-hybridized carbons (Fsp3) is 0.529. The molecule has 1 aliphatic carbocycles. The van der Waals surface area contributed by atoms with Crippen molar-refractivity contribution < 1.29 is 13.9 Å². The Morgan fingerprint density at radius 1 is 1.36 bits per heavy atom. The van der Waals surface area contributed by atoms with Gasteiger partial charge in [-0.15, -0.1) is 24.0 Å². The summed E-state index contributed by atoms with van der Waals surface area (Å²) in [6, 6.07) is 5.86. The number of guanidine groups is 1. The molecule has 2 unspecified atom stereocenters. The molecule has 0 heterocycles. The summed E-state index contributed by atoms with van der Waals surface area (Å²) in [5, 5.41) is 8.99. The van der Waals surface area contributed by atoms with Gasteiger partial charge in [0.25, 0.3) is 0 Å². The fourth-order valence-corrected chi connectivity index (χ4v) is 2.79. The largest absolute Gasteiger partial charge is 0.381 e. The summed E-state index contributed by atoms with van der Waals surface area (Å²) < 4.78 is 18.3. The lowest BCUT2D eigenvalue weighted by Gasteiger charge is -2.51. The lowest BCUT2D eigenvalue weighted by atomic mass is 9.64. The van der Waals surface area contributed by atoms with Crippen LogP contribution < -0.4 is 16.0 Å². The Balaban J connectivity index is 0.00000312. The molecular weight excluding hydrogens is 438 g/mol. The van der Waals surface area contributed by atoms with Crippen LogP contribution in [0.15, 0.2) is 29.3 Å². The number of anilines is 1. The monoisotopic (exact) mass is 464 g/mol. The molecule has 1 aliphatic rings. The number of amides is 1. The van der Waals surface area contributed by atoms with Gasteiger partial charge >= 0.3 is 0 Å². The maximum Gasteiger partial charge on any atom is 0.243 e. The van der Waals surface area contributed by atoms with E-state index in [1.807, 2.05) is 0 Å². The Hall–Kier alpha value is -1.42. The van der Waals surface area contributed by atoms with E-state index in [1.165, 1.54) is 24.3 Å². The molecule has 6 nitrogen and oxygen atoms in total. The highest BCUT2D eigenvalue weighted by Crippen LogP contribution is 2.42. The van der Waals surface area contributed by atoms with E-state index in [2.05, 4.69) is 34.8 Å². The number of aliphatic imine (C=N–C) groups is 1. The van der Waals surface area contributed by atoms with Gasteiger partial charge in [0, 0.05) is 31.3 Å². The highest BCUT2D eigenvalue weighted by molar-refractivity contribution is 14.0. The Labute approximate surface area is 165 Å². The van der Waals surface area contributed by atoms with Crippen molar-refractivity contribution in [1.29, 1.82) is 0 Å². The van der Waals surface area contributed by atoms with E-state index in [1.54, 1.807) is 14.2 Å². The van der Waals surface area contributed by atoms with Crippen LogP contribution in [0.5, 0.6) is 0 Å². The molecule has 0 bridgehead atoms. The van der Waals surface area contributed by atoms with Gasteiger partial charge in [0.05, 0.1) is 12.6 Å². The van der Waals surface area contributed by atoms with Gasteiger partial charge in [-0.05, 0) is 30.7 Å². The molecule has 0 saturated heterocycles. The van der Waals surface area contributed by atoms with Crippen LogP contribution in [0.25, 0.3) is 0 Å². The third-order valence-corrected chi connectivity index (χ3v) is 4.54. The first kappa shape index (κ1) is 21.6. The standard InChI is InChI=1S/C17H25FN4O2.HI/c1-17(2)13(9-14(17)24-4)22-16(19-3)20-10-15(23)21-12-7-5-11(18)6-8-12;/h5-8,13-14H,9-10H2,1-4H3,(H,21,23)(H2,19,20,22);1H. The number of methoxy groups -OCH3 is 1. The van der Waals surface area contributed by atoms with Crippen molar-refractivity contribution in [2.75, 3.05) is 26.0 Å². The molecule has 2 atom stereocenters. The topological polar surface area (TPSA) is 74.8 Å². The summed E-state index contributed by atoms with van der Waals surface area (Å²) in [5.41, 5.74) is 0.553. The first-order valence-electron chi connectivity index (χ1n) is 7.92. The van der Waals surface area contributed by atoms with E-state index in [0.29, 0.717) is 11.6 Å². The quantitative estimate of drug-likeness (QED) is 0.356. The summed E-state index contributed by atoms with van der Waals surface area (Å²) in [7, 11) is 3.38. The van der Waals surface area contributed by atoms with Crippen LogP contribution in [0.2, 0.25) is 0 Å². The highest BCUT2D eigenvalue weighted by Gasteiger charge is 2.48. The van der Waals surface area contributed by atoms with Gasteiger partial charge in [0.1, 0.15) is 5.82 Å². The third-order valence-electron chi connectivity index (χ3n) is 4.54. The molecule has 1 aromatic carbocycles. The van der Waals surface area contributed by atoms with Gasteiger partial charge in [0.2, 0.25) is 5.91 Å². The number of carbonyl (C=O) groups excluding carboxylic acids is 1. The molecule has 1 fully saturated rings. The lowest BCUT2D eigenvalue weighted by molar-refractivity contribution is -0.115. The molecule has 140 valence electrons.